The van der Waals surface area contributed by atoms with Gasteiger partial charge < -0.3 is 26.2 Å². The predicted octanol–water partition coefficient (Wildman–Crippen LogP) is 5.41. The number of urea groups is 1. The Morgan fingerprint density at radius 3 is 2.47 bits per heavy atom. The number of carbonyl (C=O) groups excluding carboxylic acids is 1. The summed E-state index contributed by atoms with van der Waals surface area (Å²) in [5.41, 5.74) is 4.77. The maximum Gasteiger partial charge on any atom is 0.524 e. The Morgan fingerprint density at radius 1 is 1.17 bits per heavy atom. The zero-order chi connectivity index (χ0) is 26.4. The number of nitrogens with two attached hydrogens (primary N) is 1. The molecular weight excluding hydrogens is 505 g/mol. The average molecular weight is 528 g/mol. The summed E-state index contributed by atoms with van der Waals surface area (Å²) in [6, 6.07) is 6.33. The van der Waals surface area contributed by atoms with Crippen molar-refractivity contribution in [2.75, 3.05) is 24.1 Å². The number of anilines is 2. The van der Waals surface area contributed by atoms with Gasteiger partial charge in [0.1, 0.15) is 12.6 Å². The Balaban J connectivity index is 1.76. The van der Waals surface area contributed by atoms with E-state index in [4.69, 9.17) is 17.3 Å². The Labute approximate surface area is 208 Å². The number of quaternary nitrogens is 1. The van der Waals surface area contributed by atoms with Crippen LogP contribution in [0.4, 0.5) is 38.9 Å². The van der Waals surface area contributed by atoms with Crippen molar-refractivity contribution in [2.24, 2.45) is 0 Å². The summed E-state index contributed by atoms with van der Waals surface area (Å²) < 4.78 is 39.4. The van der Waals surface area contributed by atoms with Crippen LogP contribution >= 0.6 is 11.6 Å². The normalized spacial score (nSPS) is 21.8. The highest BCUT2D eigenvalue weighted by atomic mass is 35.5. The van der Waals surface area contributed by atoms with E-state index in [-0.39, 0.29) is 24.9 Å². The lowest BCUT2D eigenvalue weighted by atomic mass is 9.87. The molecule has 192 valence electrons. The summed E-state index contributed by atoms with van der Waals surface area (Å²) in [4.78, 5) is 39.1. The predicted molar refractivity (Wildman–Crippen MR) is 124 cm³/mol. The molecule has 13 heteroatoms. The quantitative estimate of drug-likeness (QED) is 0.305. The molecule has 0 aliphatic carbocycles. The average Bonchev–Trinajstić information content (AvgIpc) is 2.97. The number of carboxylic acid groups (broad SMARTS) is 2. The summed E-state index contributed by atoms with van der Waals surface area (Å²) in [7, 11) is 0. The lowest BCUT2D eigenvalue weighted by molar-refractivity contribution is -0.825. The Hall–Kier alpha value is -3.51. The number of likely N-dealkylation sites (tertiary alicyclic amines) is 1. The number of nitrogens with zero attached hydrogens (tertiary/aromatic N) is 2. The highest BCUT2D eigenvalue weighted by Gasteiger charge is 2.57. The molecule has 4 amide bonds. The van der Waals surface area contributed by atoms with Crippen LogP contribution in [0.25, 0.3) is 0 Å². The van der Waals surface area contributed by atoms with Crippen molar-refractivity contribution in [3.63, 3.8) is 0 Å². The van der Waals surface area contributed by atoms with E-state index in [0.29, 0.717) is 18.2 Å². The number of para-hydroxylation sites is 1. The minimum absolute atomic E-state index is 0.00764. The van der Waals surface area contributed by atoms with Crippen molar-refractivity contribution >= 4 is 41.2 Å². The van der Waals surface area contributed by atoms with Gasteiger partial charge in [0, 0.05) is 36.7 Å². The summed E-state index contributed by atoms with van der Waals surface area (Å²) in [5.74, 6) is 0. The molecule has 4 rings (SSSR count). The Kier molecular flexibility index (Phi) is 6.52. The molecule has 1 saturated heterocycles. The molecule has 0 saturated carbocycles. The van der Waals surface area contributed by atoms with Crippen LogP contribution in [-0.4, -0.2) is 56.9 Å². The van der Waals surface area contributed by atoms with Crippen LogP contribution in [0.5, 0.6) is 0 Å². The second-order valence-electron chi connectivity index (χ2n) is 8.84. The molecule has 2 aliphatic rings. The second kappa shape index (κ2) is 9.17. The van der Waals surface area contributed by atoms with E-state index in [0.717, 1.165) is 11.6 Å². The molecule has 2 atom stereocenters. The molecule has 9 nitrogen and oxygen atoms in total. The van der Waals surface area contributed by atoms with Gasteiger partial charge >= 0.3 is 24.4 Å². The van der Waals surface area contributed by atoms with E-state index >= 15 is 0 Å². The van der Waals surface area contributed by atoms with Crippen LogP contribution in [0.3, 0.4) is 0 Å². The first kappa shape index (κ1) is 25.6. The van der Waals surface area contributed by atoms with Crippen LogP contribution in [0.15, 0.2) is 36.4 Å². The van der Waals surface area contributed by atoms with Crippen LogP contribution in [0.2, 0.25) is 5.02 Å². The number of nitrogens with one attached hydrogen (secondary N) is 1. The van der Waals surface area contributed by atoms with Crippen molar-refractivity contribution in [3.8, 4) is 0 Å². The van der Waals surface area contributed by atoms with E-state index in [1.807, 2.05) is 12.1 Å². The van der Waals surface area contributed by atoms with E-state index in [9.17, 15) is 37.8 Å². The van der Waals surface area contributed by atoms with Gasteiger partial charge in [0.05, 0.1) is 16.3 Å². The van der Waals surface area contributed by atoms with Gasteiger partial charge in [-0.1, -0.05) is 29.8 Å². The minimum atomic E-state index is -4.91. The zero-order valence-corrected chi connectivity index (χ0v) is 19.5. The summed E-state index contributed by atoms with van der Waals surface area (Å²) in [5, 5.41) is 22.3. The highest BCUT2D eigenvalue weighted by molar-refractivity contribution is 6.33. The van der Waals surface area contributed by atoms with Crippen molar-refractivity contribution in [3.05, 3.63) is 58.1 Å². The van der Waals surface area contributed by atoms with Crippen molar-refractivity contribution < 1.29 is 42.3 Å². The number of nitrogen functional groups attached to an aromatic ring is 1. The first-order valence-electron chi connectivity index (χ1n) is 11.0. The molecule has 2 unspecified atom stereocenters. The maximum atomic E-state index is 13.6. The number of halogens is 4. The molecule has 0 spiro atoms. The van der Waals surface area contributed by atoms with Gasteiger partial charge in [-0.2, -0.15) is 22.8 Å². The van der Waals surface area contributed by atoms with Crippen LogP contribution < -0.4 is 11.1 Å². The van der Waals surface area contributed by atoms with Crippen molar-refractivity contribution in [2.45, 2.75) is 37.5 Å². The second-order valence-corrected chi connectivity index (χ2v) is 9.25. The molecule has 36 heavy (non-hydrogen) atoms. The van der Waals surface area contributed by atoms with Gasteiger partial charge in [0.15, 0.2) is 0 Å². The maximum absolute atomic E-state index is 13.6. The number of fused-ring (bicyclic) bond motifs is 1. The first-order valence-corrected chi connectivity index (χ1v) is 11.4. The molecule has 5 N–H and O–H groups in total. The van der Waals surface area contributed by atoms with Crippen molar-refractivity contribution in [1.82, 2.24) is 4.90 Å². The lowest BCUT2D eigenvalue weighted by Gasteiger charge is -2.44. The number of hydrogen-bond acceptors (Lipinski definition) is 4. The van der Waals surface area contributed by atoms with E-state index in [2.05, 4.69) is 5.32 Å². The van der Waals surface area contributed by atoms with Gasteiger partial charge in [-0.05, 0) is 30.2 Å². The molecule has 0 radical (unpaired) electrons. The summed E-state index contributed by atoms with van der Waals surface area (Å²) in [6.07, 6.45) is -8.11. The monoisotopic (exact) mass is 527 g/mol. The summed E-state index contributed by atoms with van der Waals surface area (Å²) in [6.45, 7) is -0.198. The number of alkyl halides is 3. The standard InChI is InChI=1S/C23H22ClF3N4O5/c24-16-10-13(9-15(19(16)28)23(25,26)27)18-11-14(6-8-31(18,21(33)34)22(35)36)30-7-5-12-3-1-2-4-17(12)29-20(30)32/h1-4,9-10,14,18H,5-8,11,28H2,(H2-,29,32,33,34,35,36)/p+1. The van der Waals surface area contributed by atoms with Crippen LogP contribution in [-0.2, 0) is 12.6 Å². The first-order chi connectivity index (χ1) is 16.9. The SMILES string of the molecule is Nc1c(Cl)cc(C2CC(N3CCc4ccccc4NC3=O)CC[N+]2(C(=O)O)C(=O)O)cc1C(F)(F)F. The van der Waals surface area contributed by atoms with Gasteiger partial charge in [-0.3, -0.25) is 0 Å². The van der Waals surface area contributed by atoms with Crippen LogP contribution in [0.1, 0.15) is 35.6 Å². The number of carbonyl (C=O) groups is 3. The Bertz CT molecular complexity index is 1220. The smallest absolute Gasteiger partial charge is 0.435 e. The molecular formula is C23H23ClF3N4O5+. The van der Waals surface area contributed by atoms with Gasteiger partial charge in [0.2, 0.25) is 0 Å². The van der Waals surface area contributed by atoms with E-state index in [1.165, 1.54) is 4.90 Å². The number of hydrogen-bond donors (Lipinski definition) is 4. The van der Waals surface area contributed by atoms with E-state index < -0.39 is 63.8 Å². The van der Waals surface area contributed by atoms with Crippen LogP contribution in [0, 0.1) is 0 Å². The largest absolute Gasteiger partial charge is 0.524 e. The van der Waals surface area contributed by atoms with E-state index in [1.54, 1.807) is 12.1 Å². The van der Waals surface area contributed by atoms with Gasteiger partial charge in [-0.25, -0.2) is 4.79 Å². The molecule has 2 aliphatic heterocycles. The highest BCUT2D eigenvalue weighted by Crippen LogP contribution is 2.45. The zero-order valence-electron chi connectivity index (χ0n) is 18.8. The number of benzene rings is 2. The fraction of sp³-hybridized carbons (Fsp3) is 0.348. The van der Waals surface area contributed by atoms with Gasteiger partial charge in [0.25, 0.3) is 0 Å². The molecule has 2 heterocycles. The number of amides is 4. The number of piperidine rings is 1. The topological polar surface area (TPSA) is 133 Å². The third-order valence-electron chi connectivity index (χ3n) is 6.95. The fourth-order valence-electron chi connectivity index (χ4n) is 5.08. The molecule has 1 fully saturated rings. The Morgan fingerprint density at radius 2 is 1.83 bits per heavy atom. The molecule has 0 bridgehead atoms. The fourth-order valence-corrected chi connectivity index (χ4v) is 5.31. The number of imide groups is 1. The third kappa shape index (κ3) is 4.30. The lowest BCUT2D eigenvalue weighted by Crippen LogP contribution is -2.63. The van der Waals surface area contributed by atoms with Gasteiger partial charge in [-0.15, -0.1) is 4.48 Å². The molecule has 2 aromatic carbocycles. The molecule has 2 aromatic rings. The number of rotatable bonds is 2. The minimum Gasteiger partial charge on any atom is -0.435 e. The third-order valence-corrected chi connectivity index (χ3v) is 7.26. The summed E-state index contributed by atoms with van der Waals surface area (Å²) >= 11 is 5.98. The van der Waals surface area contributed by atoms with Crippen molar-refractivity contribution in [1.29, 1.82) is 0 Å². The molecule has 0 aromatic heterocycles.